The molecular formula is C17H14Cl2N4O2S2. The maximum atomic E-state index is 12.1. The first-order chi connectivity index (χ1) is 13.0. The van der Waals surface area contributed by atoms with Gasteiger partial charge in [-0.1, -0.05) is 52.4 Å². The van der Waals surface area contributed by atoms with Gasteiger partial charge in [-0.3, -0.25) is 4.79 Å². The number of amides is 1. The number of nitrogens with one attached hydrogen (secondary N) is 2. The summed E-state index contributed by atoms with van der Waals surface area (Å²) in [5.74, 6) is 0.715. The summed E-state index contributed by atoms with van der Waals surface area (Å²) in [6.45, 7) is 0. The molecular weight excluding hydrogens is 427 g/mol. The van der Waals surface area contributed by atoms with Gasteiger partial charge < -0.3 is 15.4 Å². The fourth-order valence-electron chi connectivity index (χ4n) is 2.04. The molecule has 1 aromatic heterocycles. The highest BCUT2D eigenvalue weighted by Crippen LogP contribution is 2.31. The maximum absolute atomic E-state index is 12.1. The van der Waals surface area contributed by atoms with E-state index in [1.165, 1.54) is 23.1 Å². The summed E-state index contributed by atoms with van der Waals surface area (Å²) in [6.07, 6.45) is 0. The first kappa shape index (κ1) is 19.8. The highest BCUT2D eigenvalue weighted by atomic mass is 35.5. The van der Waals surface area contributed by atoms with Crippen LogP contribution < -0.4 is 15.4 Å². The highest BCUT2D eigenvalue weighted by molar-refractivity contribution is 8.01. The second-order valence-electron chi connectivity index (χ2n) is 5.16. The standard InChI is InChI=1S/C17H14Cl2N4O2S2/c1-25-11-7-5-10(6-8-11)20-16-22-23-17(27-16)26-9-14(24)21-15-12(18)3-2-4-13(15)19/h2-8H,9H2,1H3,(H,20,22)(H,21,24). The third-order valence-electron chi connectivity index (χ3n) is 3.30. The average Bonchev–Trinajstić information content (AvgIpc) is 3.11. The maximum Gasteiger partial charge on any atom is 0.234 e. The Bertz CT molecular complexity index is 915. The van der Waals surface area contributed by atoms with Crippen molar-refractivity contribution in [3.05, 3.63) is 52.5 Å². The average molecular weight is 441 g/mol. The molecule has 10 heteroatoms. The normalized spacial score (nSPS) is 10.5. The molecule has 1 heterocycles. The zero-order chi connectivity index (χ0) is 19.2. The predicted molar refractivity (Wildman–Crippen MR) is 112 cm³/mol. The zero-order valence-corrected chi connectivity index (χ0v) is 17.2. The molecule has 2 aromatic carbocycles. The minimum Gasteiger partial charge on any atom is -0.497 e. The number of halogens is 2. The van der Waals surface area contributed by atoms with E-state index in [1.54, 1.807) is 25.3 Å². The zero-order valence-electron chi connectivity index (χ0n) is 14.0. The molecule has 0 aliphatic rings. The second kappa shape index (κ2) is 9.27. The Balaban J connectivity index is 1.53. The Hall–Kier alpha value is -2.00. The van der Waals surface area contributed by atoms with E-state index in [1.807, 2.05) is 24.3 Å². The largest absolute Gasteiger partial charge is 0.497 e. The molecule has 0 saturated heterocycles. The Morgan fingerprint density at radius 2 is 1.85 bits per heavy atom. The molecule has 0 saturated carbocycles. The van der Waals surface area contributed by atoms with E-state index in [0.29, 0.717) is 25.2 Å². The molecule has 6 nitrogen and oxygen atoms in total. The lowest BCUT2D eigenvalue weighted by molar-refractivity contribution is -0.113. The van der Waals surface area contributed by atoms with Crippen molar-refractivity contribution >= 4 is 68.7 Å². The molecule has 0 fully saturated rings. The van der Waals surface area contributed by atoms with Crippen LogP contribution in [0.5, 0.6) is 5.75 Å². The lowest BCUT2D eigenvalue weighted by atomic mass is 10.3. The van der Waals surface area contributed by atoms with Crippen molar-refractivity contribution < 1.29 is 9.53 Å². The Kier molecular flexibility index (Phi) is 6.78. The van der Waals surface area contributed by atoms with Crippen LogP contribution in [-0.2, 0) is 4.79 Å². The fourth-order valence-corrected chi connectivity index (χ4v) is 4.10. The number of thioether (sulfide) groups is 1. The molecule has 0 aliphatic heterocycles. The number of para-hydroxylation sites is 1. The van der Waals surface area contributed by atoms with Gasteiger partial charge in [-0.15, -0.1) is 10.2 Å². The molecule has 1 amide bonds. The van der Waals surface area contributed by atoms with Crippen LogP contribution in [0.2, 0.25) is 10.0 Å². The summed E-state index contributed by atoms with van der Waals surface area (Å²) >= 11 is 14.7. The first-order valence-electron chi connectivity index (χ1n) is 7.66. The van der Waals surface area contributed by atoms with E-state index in [2.05, 4.69) is 20.8 Å². The summed E-state index contributed by atoms with van der Waals surface area (Å²) in [5, 5.41) is 15.4. The van der Waals surface area contributed by atoms with Crippen LogP contribution in [0.3, 0.4) is 0 Å². The van der Waals surface area contributed by atoms with Crippen LogP contribution >= 0.6 is 46.3 Å². The van der Waals surface area contributed by atoms with Crippen molar-refractivity contribution in [3.8, 4) is 5.75 Å². The van der Waals surface area contributed by atoms with Gasteiger partial charge in [0.2, 0.25) is 11.0 Å². The molecule has 0 unspecified atom stereocenters. The molecule has 2 N–H and O–H groups in total. The number of methoxy groups -OCH3 is 1. The van der Waals surface area contributed by atoms with Gasteiger partial charge in [0.15, 0.2) is 4.34 Å². The number of aromatic nitrogens is 2. The molecule has 140 valence electrons. The Labute approximate surface area is 174 Å². The van der Waals surface area contributed by atoms with Gasteiger partial charge in [0.25, 0.3) is 0 Å². The Morgan fingerprint density at radius 1 is 1.15 bits per heavy atom. The molecule has 27 heavy (non-hydrogen) atoms. The van der Waals surface area contributed by atoms with Gasteiger partial charge in [-0.05, 0) is 36.4 Å². The van der Waals surface area contributed by atoms with Gasteiger partial charge in [0.05, 0.1) is 28.6 Å². The van der Waals surface area contributed by atoms with Gasteiger partial charge in [-0.25, -0.2) is 0 Å². The van der Waals surface area contributed by atoms with Crippen molar-refractivity contribution in [2.45, 2.75) is 4.34 Å². The number of carbonyl (C=O) groups excluding carboxylic acids is 1. The van der Waals surface area contributed by atoms with E-state index in [0.717, 1.165) is 11.4 Å². The smallest absolute Gasteiger partial charge is 0.234 e. The van der Waals surface area contributed by atoms with E-state index in [-0.39, 0.29) is 11.7 Å². The second-order valence-corrected chi connectivity index (χ2v) is 8.17. The van der Waals surface area contributed by atoms with E-state index >= 15 is 0 Å². The monoisotopic (exact) mass is 440 g/mol. The minimum absolute atomic E-state index is 0.165. The van der Waals surface area contributed by atoms with Crippen molar-refractivity contribution in [3.63, 3.8) is 0 Å². The lowest BCUT2D eigenvalue weighted by Crippen LogP contribution is -2.14. The SMILES string of the molecule is COc1ccc(Nc2nnc(SCC(=O)Nc3c(Cl)cccc3Cl)s2)cc1. The first-order valence-corrected chi connectivity index (χ1v) is 10.2. The van der Waals surface area contributed by atoms with Crippen molar-refractivity contribution in [2.24, 2.45) is 0 Å². The van der Waals surface area contributed by atoms with E-state index in [9.17, 15) is 4.79 Å². The highest BCUT2D eigenvalue weighted by Gasteiger charge is 2.12. The molecule has 0 radical (unpaired) electrons. The van der Waals surface area contributed by atoms with Crippen LogP contribution in [0, 0.1) is 0 Å². The summed E-state index contributed by atoms with van der Waals surface area (Å²) in [5.41, 5.74) is 1.28. The fraction of sp³-hybridized carbons (Fsp3) is 0.118. The van der Waals surface area contributed by atoms with Gasteiger partial charge >= 0.3 is 0 Å². The van der Waals surface area contributed by atoms with Crippen molar-refractivity contribution in [1.29, 1.82) is 0 Å². The van der Waals surface area contributed by atoms with Crippen LogP contribution in [0.1, 0.15) is 0 Å². The quantitative estimate of drug-likeness (QED) is 0.483. The van der Waals surface area contributed by atoms with Gasteiger partial charge in [0.1, 0.15) is 5.75 Å². The van der Waals surface area contributed by atoms with Crippen molar-refractivity contribution in [1.82, 2.24) is 10.2 Å². The number of carbonyl (C=O) groups is 1. The summed E-state index contributed by atoms with van der Waals surface area (Å²) in [4.78, 5) is 12.1. The molecule has 0 spiro atoms. The third-order valence-corrected chi connectivity index (χ3v) is 5.90. The van der Waals surface area contributed by atoms with Crippen LogP contribution in [0.4, 0.5) is 16.5 Å². The molecule has 0 aliphatic carbocycles. The number of hydrogen-bond donors (Lipinski definition) is 2. The summed E-state index contributed by atoms with van der Waals surface area (Å²) in [6, 6.07) is 12.5. The predicted octanol–water partition coefficient (Wildman–Crippen LogP) is 5.33. The van der Waals surface area contributed by atoms with Crippen LogP contribution in [-0.4, -0.2) is 29.0 Å². The lowest BCUT2D eigenvalue weighted by Gasteiger charge is -2.08. The number of rotatable bonds is 7. The number of hydrogen-bond acceptors (Lipinski definition) is 7. The molecule has 0 atom stereocenters. The van der Waals surface area contributed by atoms with Gasteiger partial charge in [0, 0.05) is 5.69 Å². The summed E-state index contributed by atoms with van der Waals surface area (Å²) < 4.78 is 5.80. The van der Waals surface area contributed by atoms with E-state index in [4.69, 9.17) is 27.9 Å². The number of benzene rings is 2. The molecule has 3 rings (SSSR count). The minimum atomic E-state index is -0.227. The number of anilines is 3. The number of ether oxygens (including phenoxy) is 1. The van der Waals surface area contributed by atoms with Crippen LogP contribution in [0.25, 0.3) is 0 Å². The third kappa shape index (κ3) is 5.49. The van der Waals surface area contributed by atoms with Crippen molar-refractivity contribution in [2.75, 3.05) is 23.5 Å². The molecule has 3 aromatic rings. The topological polar surface area (TPSA) is 76.1 Å². The van der Waals surface area contributed by atoms with E-state index < -0.39 is 0 Å². The summed E-state index contributed by atoms with van der Waals surface area (Å²) in [7, 11) is 1.62. The molecule has 0 bridgehead atoms. The number of nitrogens with zero attached hydrogens (tertiary/aromatic N) is 2. The Morgan fingerprint density at radius 3 is 2.52 bits per heavy atom. The van der Waals surface area contributed by atoms with Gasteiger partial charge in [-0.2, -0.15) is 0 Å². The van der Waals surface area contributed by atoms with Crippen LogP contribution in [0.15, 0.2) is 46.8 Å².